The SMILES string of the molecule is CC(C)(C)C(=O)Cc1ccc(O)c(O)c1. The number of rotatable bonds is 2. The van der Waals surface area contributed by atoms with Gasteiger partial charge in [-0.25, -0.2) is 0 Å². The Labute approximate surface area is 89.4 Å². The first-order chi connectivity index (χ1) is 6.80. The highest BCUT2D eigenvalue weighted by molar-refractivity contribution is 5.85. The minimum Gasteiger partial charge on any atom is -0.504 e. The second-order valence-electron chi connectivity index (χ2n) is 4.67. The normalized spacial score (nSPS) is 11.4. The third-order valence-corrected chi connectivity index (χ3v) is 2.24. The highest BCUT2D eigenvalue weighted by Gasteiger charge is 2.21. The van der Waals surface area contributed by atoms with Gasteiger partial charge in [0.1, 0.15) is 5.78 Å². The second-order valence-corrected chi connectivity index (χ2v) is 4.67. The van der Waals surface area contributed by atoms with Crippen LogP contribution in [0.1, 0.15) is 26.3 Å². The van der Waals surface area contributed by atoms with Crippen LogP contribution in [0.2, 0.25) is 0 Å². The van der Waals surface area contributed by atoms with Gasteiger partial charge in [0.05, 0.1) is 0 Å². The maximum Gasteiger partial charge on any atom is 0.157 e. The summed E-state index contributed by atoms with van der Waals surface area (Å²) < 4.78 is 0. The van der Waals surface area contributed by atoms with Crippen LogP contribution in [0.25, 0.3) is 0 Å². The third kappa shape index (κ3) is 2.98. The van der Waals surface area contributed by atoms with Gasteiger partial charge in [0.2, 0.25) is 0 Å². The van der Waals surface area contributed by atoms with Crippen molar-refractivity contribution in [1.29, 1.82) is 0 Å². The van der Waals surface area contributed by atoms with Gasteiger partial charge in [-0.05, 0) is 17.7 Å². The lowest BCUT2D eigenvalue weighted by Gasteiger charge is -2.16. The van der Waals surface area contributed by atoms with Crippen molar-refractivity contribution in [2.24, 2.45) is 5.41 Å². The zero-order valence-corrected chi connectivity index (χ0v) is 9.24. The largest absolute Gasteiger partial charge is 0.504 e. The lowest BCUT2D eigenvalue weighted by molar-refractivity contribution is -0.125. The number of hydrogen-bond donors (Lipinski definition) is 2. The van der Waals surface area contributed by atoms with Gasteiger partial charge in [-0.1, -0.05) is 26.8 Å². The first kappa shape index (κ1) is 11.6. The first-order valence-electron chi connectivity index (χ1n) is 4.85. The number of benzene rings is 1. The fraction of sp³-hybridized carbons (Fsp3) is 0.417. The molecule has 0 heterocycles. The number of phenolic OH excluding ortho intramolecular Hbond substituents is 2. The second kappa shape index (κ2) is 3.93. The summed E-state index contributed by atoms with van der Waals surface area (Å²) in [4.78, 5) is 11.7. The standard InChI is InChI=1S/C12H16O3/c1-12(2,3)11(15)7-8-4-5-9(13)10(14)6-8/h4-6,13-14H,7H2,1-3H3. The van der Waals surface area contributed by atoms with Crippen LogP contribution in [0.4, 0.5) is 0 Å². The number of ketones is 1. The van der Waals surface area contributed by atoms with E-state index < -0.39 is 0 Å². The minimum absolute atomic E-state index is 0.104. The van der Waals surface area contributed by atoms with Crippen molar-refractivity contribution in [3.63, 3.8) is 0 Å². The molecule has 3 heteroatoms. The summed E-state index contributed by atoms with van der Waals surface area (Å²) in [7, 11) is 0. The molecule has 0 bridgehead atoms. The van der Waals surface area contributed by atoms with E-state index in [1.54, 1.807) is 6.07 Å². The molecule has 2 N–H and O–H groups in total. The number of Topliss-reactive ketones (excluding diaryl/α,β-unsaturated/α-hetero) is 1. The van der Waals surface area contributed by atoms with Crippen molar-refractivity contribution >= 4 is 5.78 Å². The maximum absolute atomic E-state index is 11.7. The summed E-state index contributed by atoms with van der Waals surface area (Å²) in [5.74, 6) is -0.247. The van der Waals surface area contributed by atoms with Gasteiger partial charge in [-0.15, -0.1) is 0 Å². The lowest BCUT2D eigenvalue weighted by Crippen LogP contribution is -2.21. The minimum atomic E-state index is -0.381. The number of aromatic hydroxyl groups is 2. The van der Waals surface area contributed by atoms with E-state index in [0.29, 0.717) is 5.56 Å². The van der Waals surface area contributed by atoms with E-state index in [1.807, 2.05) is 20.8 Å². The van der Waals surface area contributed by atoms with E-state index in [4.69, 9.17) is 5.11 Å². The highest BCUT2D eigenvalue weighted by Crippen LogP contribution is 2.26. The Morgan fingerprint density at radius 2 is 1.80 bits per heavy atom. The van der Waals surface area contributed by atoms with E-state index in [0.717, 1.165) is 0 Å². The van der Waals surface area contributed by atoms with Crippen LogP contribution < -0.4 is 0 Å². The Morgan fingerprint density at radius 3 is 2.27 bits per heavy atom. The molecule has 0 fully saturated rings. The summed E-state index contributed by atoms with van der Waals surface area (Å²) in [6.45, 7) is 5.57. The molecular formula is C12H16O3. The number of hydrogen-bond acceptors (Lipinski definition) is 3. The van der Waals surface area contributed by atoms with Gasteiger partial charge in [0.25, 0.3) is 0 Å². The molecule has 0 radical (unpaired) electrons. The Morgan fingerprint density at radius 1 is 1.20 bits per heavy atom. The Bertz CT molecular complexity index is 375. The van der Waals surface area contributed by atoms with Crippen LogP contribution in [0.15, 0.2) is 18.2 Å². The summed E-state index contributed by atoms with van der Waals surface area (Å²) in [5, 5.41) is 18.4. The molecule has 0 aliphatic heterocycles. The molecule has 0 aliphatic carbocycles. The van der Waals surface area contributed by atoms with Gasteiger partial charge >= 0.3 is 0 Å². The van der Waals surface area contributed by atoms with Crippen molar-refractivity contribution in [1.82, 2.24) is 0 Å². The fourth-order valence-corrected chi connectivity index (χ4v) is 1.13. The third-order valence-electron chi connectivity index (χ3n) is 2.24. The molecular weight excluding hydrogens is 192 g/mol. The summed E-state index contributed by atoms with van der Waals surface area (Å²) >= 11 is 0. The van der Waals surface area contributed by atoms with Crippen LogP contribution in [0.3, 0.4) is 0 Å². The molecule has 0 aliphatic rings. The topological polar surface area (TPSA) is 57.5 Å². The van der Waals surface area contributed by atoms with Gasteiger partial charge in [0, 0.05) is 11.8 Å². The molecule has 1 aromatic rings. The zero-order chi connectivity index (χ0) is 11.6. The predicted molar refractivity (Wildman–Crippen MR) is 57.9 cm³/mol. The van der Waals surface area contributed by atoms with Crippen LogP contribution in [-0.4, -0.2) is 16.0 Å². The Kier molecular flexibility index (Phi) is 3.03. The van der Waals surface area contributed by atoms with Crippen molar-refractivity contribution in [3.05, 3.63) is 23.8 Å². The van der Waals surface area contributed by atoms with Crippen LogP contribution >= 0.6 is 0 Å². The Balaban J connectivity index is 2.83. The van der Waals surface area contributed by atoms with Crippen LogP contribution in [-0.2, 0) is 11.2 Å². The molecule has 0 unspecified atom stereocenters. The van der Waals surface area contributed by atoms with E-state index in [1.165, 1.54) is 12.1 Å². The molecule has 0 saturated carbocycles. The van der Waals surface area contributed by atoms with Crippen molar-refractivity contribution < 1.29 is 15.0 Å². The van der Waals surface area contributed by atoms with Crippen molar-refractivity contribution in [2.45, 2.75) is 27.2 Å². The zero-order valence-electron chi connectivity index (χ0n) is 9.24. The maximum atomic E-state index is 11.7. The fourth-order valence-electron chi connectivity index (χ4n) is 1.13. The quantitative estimate of drug-likeness (QED) is 0.733. The van der Waals surface area contributed by atoms with E-state index in [-0.39, 0.29) is 29.1 Å². The molecule has 3 nitrogen and oxygen atoms in total. The van der Waals surface area contributed by atoms with Gasteiger partial charge in [0.15, 0.2) is 11.5 Å². The lowest BCUT2D eigenvalue weighted by atomic mass is 9.87. The first-order valence-corrected chi connectivity index (χ1v) is 4.85. The monoisotopic (exact) mass is 208 g/mol. The molecule has 1 aromatic carbocycles. The summed E-state index contributed by atoms with van der Waals surface area (Å²) in [6.07, 6.45) is 0.275. The van der Waals surface area contributed by atoms with Crippen molar-refractivity contribution in [3.8, 4) is 11.5 Å². The molecule has 0 spiro atoms. The molecule has 0 amide bonds. The molecule has 1 rings (SSSR count). The average Bonchev–Trinajstić information content (AvgIpc) is 2.10. The number of phenols is 2. The van der Waals surface area contributed by atoms with Gasteiger partial charge < -0.3 is 10.2 Å². The van der Waals surface area contributed by atoms with Crippen molar-refractivity contribution in [2.75, 3.05) is 0 Å². The molecule has 15 heavy (non-hydrogen) atoms. The smallest absolute Gasteiger partial charge is 0.157 e. The number of carbonyl (C=O) groups is 1. The molecule has 0 saturated heterocycles. The average molecular weight is 208 g/mol. The van der Waals surface area contributed by atoms with Gasteiger partial charge in [-0.3, -0.25) is 4.79 Å². The van der Waals surface area contributed by atoms with Crippen LogP contribution in [0, 0.1) is 5.41 Å². The molecule has 0 aromatic heterocycles. The van der Waals surface area contributed by atoms with E-state index >= 15 is 0 Å². The molecule has 0 atom stereocenters. The highest BCUT2D eigenvalue weighted by atomic mass is 16.3. The van der Waals surface area contributed by atoms with Gasteiger partial charge in [-0.2, -0.15) is 0 Å². The molecule has 82 valence electrons. The summed E-state index contributed by atoms with van der Waals surface area (Å²) in [5.41, 5.74) is 0.332. The summed E-state index contributed by atoms with van der Waals surface area (Å²) in [6, 6.07) is 4.44. The number of carbonyl (C=O) groups excluding carboxylic acids is 1. The van der Waals surface area contributed by atoms with E-state index in [2.05, 4.69) is 0 Å². The van der Waals surface area contributed by atoms with E-state index in [9.17, 15) is 9.90 Å². The predicted octanol–water partition coefficient (Wildman–Crippen LogP) is 2.26. The Hall–Kier alpha value is -1.51. The van der Waals surface area contributed by atoms with Crippen LogP contribution in [0.5, 0.6) is 11.5 Å².